The first kappa shape index (κ1) is 24.8. The minimum absolute atomic E-state index is 0.209. The van der Waals surface area contributed by atoms with Crippen LogP contribution in [0.25, 0.3) is 0 Å². The Hall–Kier alpha value is -4.29. The molecule has 0 heterocycles. The lowest BCUT2D eigenvalue weighted by Gasteiger charge is -2.14. The van der Waals surface area contributed by atoms with Gasteiger partial charge in [-0.1, -0.05) is 48.0 Å². The fraction of sp³-hybridized carbons (Fsp3) is 0.103. The molecule has 0 unspecified atom stereocenters. The maximum Gasteiger partial charge on any atom is 0.262 e. The molecule has 0 fully saturated rings. The van der Waals surface area contributed by atoms with Crippen molar-refractivity contribution in [3.8, 4) is 23.0 Å². The lowest BCUT2D eigenvalue weighted by atomic mass is 10.2. The smallest absolute Gasteiger partial charge is 0.262 e. The molecule has 0 aliphatic carbocycles. The number of aliphatic imine (C=N–C) groups is 1. The maximum atomic E-state index is 12.3. The zero-order valence-corrected chi connectivity index (χ0v) is 20.4. The number of nitrogens with one attached hydrogen (secondary N) is 1. The fourth-order valence-electron chi connectivity index (χ4n) is 3.30. The van der Waals surface area contributed by atoms with Crippen molar-refractivity contribution in [1.29, 1.82) is 0 Å². The summed E-state index contributed by atoms with van der Waals surface area (Å²) in [6.45, 7) is 2.06. The summed E-state index contributed by atoms with van der Waals surface area (Å²) in [6, 6.07) is 29.7. The lowest BCUT2D eigenvalue weighted by Crippen LogP contribution is -2.20. The Labute approximate surface area is 215 Å². The summed E-state index contributed by atoms with van der Waals surface area (Å²) < 4.78 is 17.2. The summed E-state index contributed by atoms with van der Waals surface area (Å²) in [7, 11) is 0. The SMILES string of the molecule is CCOc1cc(C=Nc2ccc(Oc3ccccc3)cc2)cc(Cl)c1OCC(=O)Nc1ccccc1. The topological polar surface area (TPSA) is 69.1 Å². The molecule has 4 rings (SSSR count). The van der Waals surface area contributed by atoms with E-state index in [9.17, 15) is 4.79 Å². The summed E-state index contributed by atoms with van der Waals surface area (Å²) >= 11 is 6.48. The van der Waals surface area contributed by atoms with Crippen molar-refractivity contribution in [1.82, 2.24) is 0 Å². The second-order valence-corrected chi connectivity index (χ2v) is 8.04. The number of rotatable bonds is 10. The molecule has 4 aromatic carbocycles. The van der Waals surface area contributed by atoms with Crippen LogP contribution in [0.4, 0.5) is 11.4 Å². The molecule has 4 aromatic rings. The van der Waals surface area contributed by atoms with Crippen LogP contribution in [0.15, 0.2) is 102 Å². The second-order valence-electron chi connectivity index (χ2n) is 7.63. The number of amides is 1. The molecule has 1 amide bonds. The molecule has 0 aliphatic heterocycles. The molecule has 36 heavy (non-hydrogen) atoms. The van der Waals surface area contributed by atoms with Gasteiger partial charge in [-0.15, -0.1) is 0 Å². The molecular weight excluding hydrogens is 476 g/mol. The quantitative estimate of drug-likeness (QED) is 0.232. The average molecular weight is 501 g/mol. The Balaban J connectivity index is 1.42. The fourth-order valence-corrected chi connectivity index (χ4v) is 3.57. The van der Waals surface area contributed by atoms with Crippen LogP contribution in [0, 0.1) is 0 Å². The van der Waals surface area contributed by atoms with Gasteiger partial charge in [-0.25, -0.2) is 0 Å². The minimum Gasteiger partial charge on any atom is -0.490 e. The van der Waals surface area contributed by atoms with Crippen molar-refractivity contribution in [2.45, 2.75) is 6.92 Å². The molecule has 0 saturated carbocycles. The highest BCUT2D eigenvalue weighted by atomic mass is 35.5. The Morgan fingerprint density at radius 2 is 1.56 bits per heavy atom. The summed E-state index contributed by atoms with van der Waals surface area (Å²) in [6.07, 6.45) is 1.69. The van der Waals surface area contributed by atoms with Gasteiger partial charge in [-0.2, -0.15) is 0 Å². The van der Waals surface area contributed by atoms with E-state index in [1.807, 2.05) is 79.7 Å². The number of hydrogen-bond acceptors (Lipinski definition) is 5. The van der Waals surface area contributed by atoms with Crippen molar-refractivity contribution in [3.05, 3.63) is 108 Å². The Kier molecular flexibility index (Phi) is 8.57. The molecule has 0 spiro atoms. The van der Waals surface area contributed by atoms with Crippen molar-refractivity contribution in [2.75, 3.05) is 18.5 Å². The zero-order valence-electron chi connectivity index (χ0n) is 19.7. The van der Waals surface area contributed by atoms with Crippen LogP contribution in [0.2, 0.25) is 5.02 Å². The predicted octanol–water partition coefficient (Wildman–Crippen LogP) is 7.30. The third-order valence-electron chi connectivity index (χ3n) is 4.92. The van der Waals surface area contributed by atoms with Gasteiger partial charge in [0.25, 0.3) is 5.91 Å². The first-order valence-electron chi connectivity index (χ1n) is 11.4. The standard InChI is InChI=1S/C29H25ClN2O4/c1-2-34-27-18-21(17-26(30)29(27)35-20-28(33)32-23-9-5-3-6-10-23)19-31-22-13-15-25(16-14-22)36-24-11-7-4-8-12-24/h3-19H,2,20H2,1H3,(H,32,33). The first-order chi connectivity index (χ1) is 17.6. The summed E-state index contributed by atoms with van der Waals surface area (Å²) in [5.41, 5.74) is 2.17. The van der Waals surface area contributed by atoms with Gasteiger partial charge in [-0.05, 0) is 73.2 Å². The van der Waals surface area contributed by atoms with Crippen LogP contribution in [0.5, 0.6) is 23.0 Å². The summed E-state index contributed by atoms with van der Waals surface area (Å²) in [5.74, 6) is 1.93. The molecule has 7 heteroatoms. The van der Waals surface area contributed by atoms with Crippen LogP contribution in [0.3, 0.4) is 0 Å². The van der Waals surface area contributed by atoms with E-state index in [1.165, 1.54) is 0 Å². The number of anilines is 1. The Morgan fingerprint density at radius 1 is 0.889 bits per heavy atom. The molecule has 0 bridgehead atoms. The van der Waals surface area contributed by atoms with Gasteiger partial charge in [0, 0.05) is 11.9 Å². The normalized spacial score (nSPS) is 10.7. The number of hydrogen-bond donors (Lipinski definition) is 1. The number of ether oxygens (including phenoxy) is 3. The molecule has 0 saturated heterocycles. The minimum atomic E-state index is -0.301. The van der Waals surface area contributed by atoms with E-state index in [4.69, 9.17) is 25.8 Å². The molecule has 0 aromatic heterocycles. The number of carbonyl (C=O) groups is 1. The number of halogens is 1. The molecule has 0 aliphatic rings. The molecule has 6 nitrogen and oxygen atoms in total. The highest BCUT2D eigenvalue weighted by Crippen LogP contribution is 2.36. The third kappa shape index (κ3) is 7.10. The van der Waals surface area contributed by atoms with Crippen molar-refractivity contribution in [2.24, 2.45) is 4.99 Å². The van der Waals surface area contributed by atoms with Crippen LogP contribution in [-0.4, -0.2) is 25.3 Å². The average Bonchev–Trinajstić information content (AvgIpc) is 2.89. The number of para-hydroxylation sites is 2. The zero-order chi connectivity index (χ0) is 25.2. The van der Waals surface area contributed by atoms with Gasteiger partial charge >= 0.3 is 0 Å². The van der Waals surface area contributed by atoms with E-state index in [0.717, 1.165) is 22.7 Å². The van der Waals surface area contributed by atoms with Gasteiger partial charge < -0.3 is 19.5 Å². The van der Waals surface area contributed by atoms with E-state index in [1.54, 1.807) is 30.5 Å². The third-order valence-corrected chi connectivity index (χ3v) is 5.20. The Morgan fingerprint density at radius 3 is 2.25 bits per heavy atom. The van der Waals surface area contributed by atoms with Crippen molar-refractivity contribution < 1.29 is 19.0 Å². The van der Waals surface area contributed by atoms with Crippen molar-refractivity contribution >= 4 is 35.1 Å². The lowest BCUT2D eigenvalue weighted by molar-refractivity contribution is -0.118. The van der Waals surface area contributed by atoms with Gasteiger partial charge in [0.2, 0.25) is 0 Å². The van der Waals surface area contributed by atoms with Crippen LogP contribution in [-0.2, 0) is 4.79 Å². The van der Waals surface area contributed by atoms with Crippen LogP contribution < -0.4 is 19.5 Å². The van der Waals surface area contributed by atoms with E-state index in [-0.39, 0.29) is 12.5 Å². The largest absolute Gasteiger partial charge is 0.490 e. The van der Waals surface area contributed by atoms with Crippen LogP contribution >= 0.6 is 11.6 Å². The molecule has 0 atom stereocenters. The van der Waals surface area contributed by atoms with Gasteiger partial charge in [0.05, 0.1) is 17.3 Å². The van der Waals surface area contributed by atoms with Crippen LogP contribution in [0.1, 0.15) is 12.5 Å². The van der Waals surface area contributed by atoms with Crippen molar-refractivity contribution in [3.63, 3.8) is 0 Å². The van der Waals surface area contributed by atoms with Gasteiger partial charge in [-0.3, -0.25) is 9.79 Å². The summed E-state index contributed by atoms with van der Waals surface area (Å²) in [4.78, 5) is 16.8. The maximum absolute atomic E-state index is 12.3. The predicted molar refractivity (Wildman–Crippen MR) is 143 cm³/mol. The van der Waals surface area contributed by atoms with E-state index < -0.39 is 0 Å². The van der Waals surface area contributed by atoms with E-state index in [0.29, 0.717) is 28.8 Å². The monoisotopic (exact) mass is 500 g/mol. The summed E-state index contributed by atoms with van der Waals surface area (Å²) in [5, 5.41) is 3.09. The molecule has 182 valence electrons. The highest BCUT2D eigenvalue weighted by molar-refractivity contribution is 6.32. The second kappa shape index (κ2) is 12.4. The molecule has 1 N–H and O–H groups in total. The highest BCUT2D eigenvalue weighted by Gasteiger charge is 2.14. The molecular formula is C29H25ClN2O4. The first-order valence-corrected chi connectivity index (χ1v) is 11.8. The molecule has 0 radical (unpaired) electrons. The van der Waals surface area contributed by atoms with E-state index >= 15 is 0 Å². The number of benzene rings is 4. The number of carbonyl (C=O) groups excluding carboxylic acids is 1. The number of nitrogens with zero attached hydrogens (tertiary/aromatic N) is 1. The van der Waals surface area contributed by atoms with E-state index in [2.05, 4.69) is 10.3 Å². The van der Waals surface area contributed by atoms with Gasteiger partial charge in [0.1, 0.15) is 11.5 Å². The Bertz CT molecular complexity index is 1310. The van der Waals surface area contributed by atoms with Gasteiger partial charge in [0.15, 0.2) is 18.1 Å².